The number of nitrogens with zero attached hydrogens (tertiary/aromatic N) is 2. The Bertz CT molecular complexity index is 235. The molecule has 1 aliphatic rings. The van der Waals surface area contributed by atoms with E-state index in [-0.39, 0.29) is 0 Å². The minimum absolute atomic E-state index is 0.309. The van der Waals surface area contributed by atoms with Gasteiger partial charge in [0.05, 0.1) is 0 Å². The average Bonchev–Trinajstić information content (AvgIpc) is 2.39. The number of piperidine rings is 1. The van der Waals surface area contributed by atoms with E-state index in [1.165, 1.54) is 25.9 Å². The van der Waals surface area contributed by atoms with Crippen LogP contribution in [0, 0.1) is 5.92 Å². The van der Waals surface area contributed by atoms with E-state index in [0.717, 1.165) is 38.4 Å². The lowest BCUT2D eigenvalue weighted by molar-refractivity contribution is -0.131. The fourth-order valence-corrected chi connectivity index (χ4v) is 2.63. The van der Waals surface area contributed by atoms with Crippen LogP contribution in [0.25, 0.3) is 0 Å². The first-order chi connectivity index (χ1) is 8.67. The van der Waals surface area contributed by atoms with Crippen molar-refractivity contribution in [2.45, 2.75) is 52.9 Å². The lowest BCUT2D eigenvalue weighted by Gasteiger charge is -2.31. The van der Waals surface area contributed by atoms with Gasteiger partial charge in [-0.25, -0.2) is 0 Å². The van der Waals surface area contributed by atoms with Crippen molar-refractivity contribution in [3.8, 4) is 0 Å². The second kappa shape index (κ2) is 8.52. The van der Waals surface area contributed by atoms with Crippen LogP contribution in [0.15, 0.2) is 0 Å². The molecule has 1 heterocycles. The molecule has 0 unspecified atom stereocenters. The molecule has 18 heavy (non-hydrogen) atoms. The quantitative estimate of drug-likeness (QED) is 0.697. The topological polar surface area (TPSA) is 23.6 Å². The Hall–Kier alpha value is -0.570. The van der Waals surface area contributed by atoms with Crippen LogP contribution >= 0.6 is 0 Å². The molecule has 0 N–H and O–H groups in total. The molecule has 0 atom stereocenters. The van der Waals surface area contributed by atoms with Gasteiger partial charge in [-0.1, -0.05) is 20.8 Å². The van der Waals surface area contributed by atoms with E-state index in [0.29, 0.717) is 12.3 Å². The molecule has 1 amide bonds. The van der Waals surface area contributed by atoms with Crippen LogP contribution in [0.1, 0.15) is 52.9 Å². The Kier molecular flexibility index (Phi) is 7.33. The zero-order chi connectivity index (χ0) is 13.4. The number of likely N-dealkylation sites (tertiary alicyclic amines) is 1. The highest BCUT2D eigenvalue weighted by Crippen LogP contribution is 2.15. The first-order valence-corrected chi connectivity index (χ1v) is 7.67. The zero-order valence-corrected chi connectivity index (χ0v) is 12.5. The van der Waals surface area contributed by atoms with Crippen molar-refractivity contribution in [2.75, 3.05) is 32.7 Å². The van der Waals surface area contributed by atoms with E-state index < -0.39 is 0 Å². The minimum atomic E-state index is 0.309. The fraction of sp³-hybridized carbons (Fsp3) is 0.933. The molecule has 1 fully saturated rings. The smallest absolute Gasteiger partial charge is 0.222 e. The normalized spacial score (nSPS) is 17.9. The molecule has 0 aromatic carbocycles. The third kappa shape index (κ3) is 5.38. The number of hydrogen-bond donors (Lipinski definition) is 0. The van der Waals surface area contributed by atoms with Gasteiger partial charge in [0.15, 0.2) is 0 Å². The van der Waals surface area contributed by atoms with Gasteiger partial charge in [0, 0.05) is 19.5 Å². The highest BCUT2D eigenvalue weighted by atomic mass is 16.2. The summed E-state index contributed by atoms with van der Waals surface area (Å²) in [5.74, 6) is 1.21. The molecule has 0 saturated carbocycles. The van der Waals surface area contributed by atoms with Crippen LogP contribution < -0.4 is 0 Å². The van der Waals surface area contributed by atoms with Crippen LogP contribution in [0.3, 0.4) is 0 Å². The Morgan fingerprint density at radius 2 is 1.89 bits per heavy atom. The van der Waals surface area contributed by atoms with E-state index in [9.17, 15) is 4.79 Å². The van der Waals surface area contributed by atoms with Crippen molar-refractivity contribution in [1.82, 2.24) is 9.80 Å². The van der Waals surface area contributed by atoms with Crippen LogP contribution in [-0.4, -0.2) is 48.4 Å². The maximum absolute atomic E-state index is 11.7. The highest BCUT2D eigenvalue weighted by molar-refractivity contribution is 5.75. The monoisotopic (exact) mass is 254 g/mol. The number of carbonyl (C=O) groups excluding carboxylic acids is 1. The molecule has 0 aromatic rings. The van der Waals surface area contributed by atoms with Crippen molar-refractivity contribution in [1.29, 1.82) is 0 Å². The van der Waals surface area contributed by atoms with Crippen LogP contribution in [-0.2, 0) is 4.79 Å². The number of carbonyl (C=O) groups is 1. The molecule has 3 heteroatoms. The van der Waals surface area contributed by atoms with Crippen LogP contribution in [0.2, 0.25) is 0 Å². The van der Waals surface area contributed by atoms with Crippen LogP contribution in [0.4, 0.5) is 0 Å². The Labute approximate surface area is 113 Å². The molecule has 0 aliphatic carbocycles. The SMILES string of the molecule is CCCN(CCCN1CCC(C)CC1)C(=O)CC. The molecule has 0 radical (unpaired) electrons. The maximum atomic E-state index is 11.7. The first-order valence-electron chi connectivity index (χ1n) is 7.67. The average molecular weight is 254 g/mol. The lowest BCUT2D eigenvalue weighted by atomic mass is 9.99. The van der Waals surface area contributed by atoms with E-state index >= 15 is 0 Å². The summed E-state index contributed by atoms with van der Waals surface area (Å²) in [4.78, 5) is 16.3. The fourth-order valence-electron chi connectivity index (χ4n) is 2.63. The second-order valence-corrected chi connectivity index (χ2v) is 5.61. The van der Waals surface area contributed by atoms with Gasteiger partial charge in [-0.2, -0.15) is 0 Å². The Morgan fingerprint density at radius 3 is 2.44 bits per heavy atom. The third-order valence-electron chi connectivity index (χ3n) is 3.93. The summed E-state index contributed by atoms with van der Waals surface area (Å²) in [5, 5.41) is 0. The summed E-state index contributed by atoms with van der Waals surface area (Å²) >= 11 is 0. The van der Waals surface area contributed by atoms with Crippen molar-refractivity contribution < 1.29 is 4.79 Å². The van der Waals surface area contributed by atoms with Crippen molar-refractivity contribution in [3.05, 3.63) is 0 Å². The third-order valence-corrected chi connectivity index (χ3v) is 3.93. The largest absolute Gasteiger partial charge is 0.343 e. The highest BCUT2D eigenvalue weighted by Gasteiger charge is 2.16. The second-order valence-electron chi connectivity index (χ2n) is 5.61. The molecule has 0 aromatic heterocycles. The van der Waals surface area contributed by atoms with Crippen molar-refractivity contribution in [3.63, 3.8) is 0 Å². The molecule has 3 nitrogen and oxygen atoms in total. The van der Waals surface area contributed by atoms with E-state index in [1.54, 1.807) is 0 Å². The summed E-state index contributed by atoms with van der Waals surface area (Å²) in [6, 6.07) is 0. The van der Waals surface area contributed by atoms with Crippen LogP contribution in [0.5, 0.6) is 0 Å². The van der Waals surface area contributed by atoms with Gasteiger partial charge in [0.2, 0.25) is 5.91 Å². The Morgan fingerprint density at radius 1 is 1.22 bits per heavy atom. The van der Waals surface area contributed by atoms with Gasteiger partial charge in [-0.3, -0.25) is 4.79 Å². The zero-order valence-electron chi connectivity index (χ0n) is 12.5. The summed E-state index contributed by atoms with van der Waals surface area (Å²) in [6.45, 7) is 12.0. The van der Waals surface area contributed by atoms with E-state index in [4.69, 9.17) is 0 Å². The molecule has 106 valence electrons. The Balaban J connectivity index is 2.19. The molecular formula is C15H30N2O. The van der Waals surface area contributed by atoms with Crippen molar-refractivity contribution in [2.24, 2.45) is 5.92 Å². The minimum Gasteiger partial charge on any atom is -0.343 e. The molecule has 1 aliphatic heterocycles. The molecular weight excluding hydrogens is 224 g/mol. The van der Waals surface area contributed by atoms with Gasteiger partial charge >= 0.3 is 0 Å². The number of amides is 1. The summed E-state index contributed by atoms with van der Waals surface area (Å²) in [5.41, 5.74) is 0. The standard InChI is InChI=1S/C15H30N2O/c1-4-9-17(15(18)5-2)11-6-10-16-12-7-14(3)8-13-16/h14H,4-13H2,1-3H3. The molecule has 0 bridgehead atoms. The summed E-state index contributed by atoms with van der Waals surface area (Å²) in [7, 11) is 0. The lowest BCUT2D eigenvalue weighted by Crippen LogP contribution is -2.37. The molecule has 1 rings (SSSR count). The predicted molar refractivity (Wildman–Crippen MR) is 76.6 cm³/mol. The van der Waals surface area contributed by atoms with Gasteiger partial charge in [0.1, 0.15) is 0 Å². The van der Waals surface area contributed by atoms with Gasteiger partial charge < -0.3 is 9.80 Å². The van der Waals surface area contributed by atoms with E-state index in [1.807, 2.05) is 11.8 Å². The number of hydrogen-bond acceptors (Lipinski definition) is 2. The first kappa shape index (κ1) is 15.5. The number of rotatable bonds is 7. The summed E-state index contributed by atoms with van der Waals surface area (Å²) in [6.07, 6.45) is 5.51. The predicted octanol–water partition coefficient (Wildman–Crippen LogP) is 2.76. The molecule has 1 saturated heterocycles. The molecule has 0 spiro atoms. The van der Waals surface area contributed by atoms with Gasteiger partial charge in [-0.05, 0) is 51.2 Å². The van der Waals surface area contributed by atoms with Gasteiger partial charge in [-0.15, -0.1) is 0 Å². The maximum Gasteiger partial charge on any atom is 0.222 e. The van der Waals surface area contributed by atoms with E-state index in [2.05, 4.69) is 18.7 Å². The van der Waals surface area contributed by atoms with Gasteiger partial charge in [0.25, 0.3) is 0 Å². The van der Waals surface area contributed by atoms with Crippen molar-refractivity contribution >= 4 is 5.91 Å². The summed E-state index contributed by atoms with van der Waals surface area (Å²) < 4.78 is 0.